The van der Waals surface area contributed by atoms with Crippen LogP contribution >= 0.6 is 11.3 Å². The molecule has 1 aromatic heterocycles. The molecular formula is C14H17NO2S. The van der Waals surface area contributed by atoms with Crippen molar-refractivity contribution in [2.75, 3.05) is 6.61 Å². The summed E-state index contributed by atoms with van der Waals surface area (Å²) in [6.07, 6.45) is 4.49. The van der Waals surface area contributed by atoms with Crippen molar-refractivity contribution in [3.63, 3.8) is 0 Å². The largest absolute Gasteiger partial charge is 0.384 e. The van der Waals surface area contributed by atoms with Crippen molar-refractivity contribution in [1.82, 2.24) is 5.32 Å². The quantitative estimate of drug-likeness (QED) is 0.803. The molecule has 1 heterocycles. The van der Waals surface area contributed by atoms with Crippen LogP contribution in [0.4, 0.5) is 0 Å². The van der Waals surface area contributed by atoms with Crippen LogP contribution in [0.3, 0.4) is 0 Å². The fourth-order valence-electron chi connectivity index (χ4n) is 2.27. The summed E-state index contributed by atoms with van der Waals surface area (Å²) in [7, 11) is 0. The lowest BCUT2D eigenvalue weighted by Gasteiger charge is -2.24. The fraction of sp³-hybridized carbons (Fsp3) is 0.500. The molecule has 96 valence electrons. The van der Waals surface area contributed by atoms with Crippen LogP contribution in [0.25, 0.3) is 0 Å². The summed E-state index contributed by atoms with van der Waals surface area (Å²) < 4.78 is 0. The van der Waals surface area contributed by atoms with Crippen molar-refractivity contribution in [1.29, 1.82) is 0 Å². The highest BCUT2D eigenvalue weighted by Crippen LogP contribution is 2.29. The van der Waals surface area contributed by atoms with Crippen molar-refractivity contribution < 1.29 is 9.90 Å². The van der Waals surface area contributed by atoms with E-state index in [9.17, 15) is 4.79 Å². The molecule has 1 aromatic rings. The van der Waals surface area contributed by atoms with E-state index >= 15 is 0 Å². The molecule has 1 amide bonds. The number of hydrogen-bond donors (Lipinski definition) is 2. The van der Waals surface area contributed by atoms with Crippen LogP contribution in [0.5, 0.6) is 0 Å². The highest BCUT2D eigenvalue weighted by atomic mass is 32.1. The third-order valence-electron chi connectivity index (χ3n) is 3.27. The minimum absolute atomic E-state index is 0.0206. The van der Waals surface area contributed by atoms with Gasteiger partial charge in [0.1, 0.15) is 6.61 Å². The Labute approximate surface area is 111 Å². The number of carbonyl (C=O) groups is 1. The molecule has 1 aliphatic carbocycles. The van der Waals surface area contributed by atoms with Gasteiger partial charge in [-0.3, -0.25) is 4.79 Å². The zero-order valence-corrected chi connectivity index (χ0v) is 11.3. The third-order valence-corrected chi connectivity index (χ3v) is 4.12. The Hall–Kier alpha value is -1.31. The van der Waals surface area contributed by atoms with Gasteiger partial charge in [-0.25, -0.2) is 0 Å². The predicted molar refractivity (Wildman–Crippen MR) is 72.6 cm³/mol. The van der Waals surface area contributed by atoms with Crippen LogP contribution < -0.4 is 5.32 Å². The van der Waals surface area contributed by atoms with E-state index in [0.717, 1.165) is 17.7 Å². The average molecular weight is 263 g/mol. The van der Waals surface area contributed by atoms with E-state index in [1.54, 1.807) is 6.07 Å². The van der Waals surface area contributed by atoms with Gasteiger partial charge in [0.25, 0.3) is 5.91 Å². The fourth-order valence-corrected chi connectivity index (χ4v) is 3.03. The van der Waals surface area contributed by atoms with Crippen molar-refractivity contribution in [2.45, 2.75) is 38.1 Å². The van der Waals surface area contributed by atoms with Gasteiger partial charge in [0.15, 0.2) is 0 Å². The summed E-state index contributed by atoms with van der Waals surface area (Å²) >= 11 is 1.43. The second kappa shape index (κ2) is 5.55. The number of hydrogen-bond acceptors (Lipinski definition) is 3. The Balaban J connectivity index is 2.02. The number of thiophene rings is 1. The Morgan fingerprint density at radius 2 is 2.28 bits per heavy atom. The second-order valence-corrected chi connectivity index (χ2v) is 5.79. The summed E-state index contributed by atoms with van der Waals surface area (Å²) in [6.45, 7) is 1.95. The summed E-state index contributed by atoms with van der Waals surface area (Å²) in [4.78, 5) is 12.9. The van der Waals surface area contributed by atoms with Gasteiger partial charge in [0.05, 0.1) is 10.4 Å². The van der Waals surface area contributed by atoms with Crippen LogP contribution in [0.15, 0.2) is 11.4 Å². The molecule has 4 heteroatoms. The number of nitrogens with one attached hydrogen (secondary N) is 1. The van der Waals surface area contributed by atoms with Gasteiger partial charge < -0.3 is 10.4 Å². The molecule has 1 saturated carbocycles. The molecule has 0 saturated heterocycles. The van der Waals surface area contributed by atoms with E-state index in [0.29, 0.717) is 5.56 Å². The van der Waals surface area contributed by atoms with Gasteiger partial charge in [-0.2, -0.15) is 0 Å². The maximum absolute atomic E-state index is 12.1. The molecule has 0 unspecified atom stereocenters. The molecule has 2 N–H and O–H groups in total. The second-order valence-electron chi connectivity index (χ2n) is 4.88. The lowest BCUT2D eigenvalue weighted by atomic mass is 10.0. The Bertz CT molecular complexity index is 489. The first-order chi connectivity index (χ1) is 8.63. The standard InChI is InChI=1S/C14H17NO2S/c1-14(6-2-3-7-14)15-13(17)11-9-12(18-10-11)5-4-8-16/h9-10,16H,2-3,6-8H2,1H3,(H,15,17). The van der Waals surface area contributed by atoms with Gasteiger partial charge in [-0.1, -0.05) is 24.7 Å². The molecule has 1 aliphatic rings. The maximum atomic E-state index is 12.1. The normalized spacial score (nSPS) is 17.0. The van der Waals surface area contributed by atoms with Crippen LogP contribution in [0, 0.1) is 11.8 Å². The molecule has 0 spiro atoms. The number of aliphatic hydroxyl groups excluding tert-OH is 1. The number of aliphatic hydroxyl groups is 1. The first kappa shape index (κ1) is 13.1. The molecule has 1 fully saturated rings. The van der Waals surface area contributed by atoms with Gasteiger partial charge in [-0.15, -0.1) is 11.3 Å². The predicted octanol–water partition coefficient (Wildman–Crippen LogP) is 2.15. The van der Waals surface area contributed by atoms with Gasteiger partial charge in [-0.05, 0) is 25.8 Å². The Kier molecular flexibility index (Phi) is 4.05. The molecule has 3 nitrogen and oxygen atoms in total. The summed E-state index contributed by atoms with van der Waals surface area (Å²) in [6, 6.07) is 1.78. The molecular weight excluding hydrogens is 246 g/mol. The van der Waals surface area contributed by atoms with Crippen LogP contribution in [-0.2, 0) is 0 Å². The monoisotopic (exact) mass is 263 g/mol. The van der Waals surface area contributed by atoms with Gasteiger partial charge in [0.2, 0.25) is 0 Å². The minimum atomic E-state index is -0.155. The first-order valence-electron chi connectivity index (χ1n) is 6.14. The van der Waals surface area contributed by atoms with Crippen molar-refractivity contribution in [3.05, 3.63) is 21.9 Å². The molecule has 2 rings (SSSR count). The zero-order valence-electron chi connectivity index (χ0n) is 10.5. The average Bonchev–Trinajstić information content (AvgIpc) is 2.95. The van der Waals surface area contributed by atoms with E-state index in [1.165, 1.54) is 24.2 Å². The molecule has 0 aliphatic heterocycles. The van der Waals surface area contributed by atoms with Gasteiger partial charge in [0, 0.05) is 10.9 Å². The van der Waals surface area contributed by atoms with Crippen molar-refractivity contribution in [2.24, 2.45) is 0 Å². The lowest BCUT2D eigenvalue weighted by Crippen LogP contribution is -2.43. The van der Waals surface area contributed by atoms with E-state index in [1.807, 2.05) is 5.38 Å². The van der Waals surface area contributed by atoms with Crippen molar-refractivity contribution in [3.8, 4) is 11.8 Å². The highest BCUT2D eigenvalue weighted by molar-refractivity contribution is 7.10. The number of amides is 1. The number of rotatable bonds is 2. The Morgan fingerprint density at radius 1 is 1.56 bits per heavy atom. The third kappa shape index (κ3) is 3.12. The smallest absolute Gasteiger partial charge is 0.252 e. The number of carbonyl (C=O) groups excluding carboxylic acids is 1. The van der Waals surface area contributed by atoms with Crippen LogP contribution in [0.1, 0.15) is 47.8 Å². The van der Waals surface area contributed by atoms with E-state index < -0.39 is 0 Å². The molecule has 18 heavy (non-hydrogen) atoms. The summed E-state index contributed by atoms with van der Waals surface area (Å²) in [5.74, 6) is 5.37. The van der Waals surface area contributed by atoms with E-state index in [-0.39, 0.29) is 18.1 Å². The molecule has 0 atom stereocenters. The minimum Gasteiger partial charge on any atom is -0.384 e. The topological polar surface area (TPSA) is 49.3 Å². The Morgan fingerprint density at radius 3 is 2.94 bits per heavy atom. The molecule has 0 bridgehead atoms. The highest BCUT2D eigenvalue weighted by Gasteiger charge is 2.30. The lowest BCUT2D eigenvalue weighted by molar-refractivity contribution is 0.0908. The van der Waals surface area contributed by atoms with E-state index in [4.69, 9.17) is 5.11 Å². The van der Waals surface area contributed by atoms with Crippen LogP contribution in [0.2, 0.25) is 0 Å². The van der Waals surface area contributed by atoms with Crippen LogP contribution in [-0.4, -0.2) is 23.2 Å². The van der Waals surface area contributed by atoms with Crippen molar-refractivity contribution >= 4 is 17.2 Å². The first-order valence-corrected chi connectivity index (χ1v) is 7.02. The van der Waals surface area contributed by atoms with E-state index in [2.05, 4.69) is 24.1 Å². The summed E-state index contributed by atoms with van der Waals surface area (Å²) in [5.41, 5.74) is 0.617. The SMILES string of the molecule is CC1(NC(=O)c2csc(C#CCO)c2)CCCC1. The van der Waals surface area contributed by atoms with Gasteiger partial charge >= 0.3 is 0 Å². The summed E-state index contributed by atoms with van der Waals surface area (Å²) in [5, 5.41) is 13.5. The maximum Gasteiger partial charge on any atom is 0.252 e. The molecule has 0 radical (unpaired) electrons. The zero-order chi connectivity index (χ0) is 13.0. The molecule has 0 aromatic carbocycles.